The van der Waals surface area contributed by atoms with E-state index < -0.39 is 58.2 Å². The maximum atomic E-state index is 13.3. The number of sulfonamides is 1. The maximum Gasteiger partial charge on any atom is 0.475 e. The summed E-state index contributed by atoms with van der Waals surface area (Å²) in [5.74, 6) is -1.45. The van der Waals surface area contributed by atoms with E-state index in [0.29, 0.717) is 18.9 Å². The number of carbonyl (C=O) groups is 1. The van der Waals surface area contributed by atoms with Crippen LogP contribution < -0.4 is 0 Å². The third kappa shape index (κ3) is 4.46. The lowest BCUT2D eigenvalue weighted by Gasteiger charge is -2.38. The number of amides is 1. The summed E-state index contributed by atoms with van der Waals surface area (Å²) in [5, 5.41) is 18.9. The van der Waals surface area contributed by atoms with Crippen molar-refractivity contribution in [3.05, 3.63) is 29.8 Å². The lowest BCUT2D eigenvalue weighted by atomic mass is 9.77. The molecule has 0 aromatic heterocycles. The normalized spacial score (nSPS) is 24.3. The van der Waals surface area contributed by atoms with E-state index >= 15 is 0 Å². The highest BCUT2D eigenvalue weighted by Gasteiger charge is 2.45. The Morgan fingerprint density at radius 3 is 2.47 bits per heavy atom. The summed E-state index contributed by atoms with van der Waals surface area (Å²) in [7, 11) is -6.32. The minimum Gasteiger partial charge on any atom is -0.426 e. The number of carbonyl (C=O) groups excluding carboxylic acids is 1. The predicted molar refractivity (Wildman–Crippen MR) is 101 cm³/mol. The van der Waals surface area contributed by atoms with E-state index in [0.717, 1.165) is 20.9 Å². The fourth-order valence-corrected chi connectivity index (χ4v) is 5.65. The summed E-state index contributed by atoms with van der Waals surface area (Å²) in [6.45, 7) is -0.507. The molecule has 0 aliphatic carbocycles. The molecule has 2 aliphatic rings. The molecule has 3 rings (SSSR count). The summed E-state index contributed by atoms with van der Waals surface area (Å²) in [6, 6.07) is 2.68. The first kappa shape index (κ1) is 23.3. The molecule has 14 heteroatoms. The van der Waals surface area contributed by atoms with Gasteiger partial charge in [-0.1, -0.05) is 12.1 Å². The summed E-state index contributed by atoms with van der Waals surface area (Å²) in [5.41, 5.74) is -1.29. The SMILES string of the molecule is O=C(C1CN(S(=O)(=O)c2ccccc2C(F)(F)F)CCN1Cl)N1CCC[C@H]1B(O)O. The molecule has 166 valence electrons. The predicted octanol–water partition coefficient (Wildman–Crippen LogP) is 0.537. The van der Waals surface area contributed by atoms with Gasteiger partial charge in [0.15, 0.2) is 0 Å². The average molecular weight is 470 g/mol. The minimum absolute atomic E-state index is 0.0917. The second-order valence-corrected chi connectivity index (χ2v) is 9.49. The Balaban J connectivity index is 1.88. The van der Waals surface area contributed by atoms with Gasteiger partial charge in [-0.2, -0.15) is 17.5 Å². The number of nitrogens with zero attached hydrogens (tertiary/aromatic N) is 3. The van der Waals surface area contributed by atoms with Crippen LogP contribution in [-0.4, -0.2) is 83.3 Å². The van der Waals surface area contributed by atoms with E-state index in [9.17, 15) is 36.4 Å². The minimum atomic E-state index is -4.87. The Morgan fingerprint density at radius 1 is 1.17 bits per heavy atom. The number of likely N-dealkylation sites (tertiary alicyclic amines) is 1. The van der Waals surface area contributed by atoms with Crippen LogP contribution >= 0.6 is 11.8 Å². The van der Waals surface area contributed by atoms with Gasteiger partial charge in [-0.3, -0.25) is 4.79 Å². The zero-order valence-electron chi connectivity index (χ0n) is 15.7. The fraction of sp³-hybridized carbons (Fsp3) is 0.562. The van der Waals surface area contributed by atoms with E-state index in [1.807, 2.05) is 0 Å². The van der Waals surface area contributed by atoms with Crippen LogP contribution in [0.15, 0.2) is 29.2 Å². The molecule has 2 saturated heterocycles. The molecule has 0 radical (unpaired) electrons. The van der Waals surface area contributed by atoms with Gasteiger partial charge in [0.2, 0.25) is 15.9 Å². The molecule has 1 aromatic carbocycles. The van der Waals surface area contributed by atoms with Gasteiger partial charge in [-0.15, -0.1) is 0 Å². The Morgan fingerprint density at radius 2 is 1.83 bits per heavy atom. The highest BCUT2D eigenvalue weighted by molar-refractivity contribution is 7.89. The topological polar surface area (TPSA) is 101 Å². The Labute approximate surface area is 177 Å². The molecule has 1 unspecified atom stereocenters. The molecular formula is C16H20BClF3N3O5S. The summed E-state index contributed by atoms with van der Waals surface area (Å²) >= 11 is 6.11. The van der Waals surface area contributed by atoms with Gasteiger partial charge in [0, 0.05) is 26.2 Å². The van der Waals surface area contributed by atoms with Crippen LogP contribution in [0.2, 0.25) is 0 Å². The van der Waals surface area contributed by atoms with Crippen molar-refractivity contribution in [2.75, 3.05) is 26.2 Å². The van der Waals surface area contributed by atoms with Crippen LogP contribution in [0.4, 0.5) is 13.2 Å². The zero-order chi connectivity index (χ0) is 22.3. The lowest BCUT2D eigenvalue weighted by Crippen LogP contribution is -2.59. The van der Waals surface area contributed by atoms with Gasteiger partial charge in [0.05, 0.1) is 16.4 Å². The Hall–Kier alpha value is -1.38. The monoisotopic (exact) mass is 469 g/mol. The van der Waals surface area contributed by atoms with Gasteiger partial charge in [-0.25, -0.2) is 12.8 Å². The Kier molecular flexibility index (Phi) is 6.70. The van der Waals surface area contributed by atoms with E-state index in [1.54, 1.807) is 0 Å². The van der Waals surface area contributed by atoms with Crippen LogP contribution in [-0.2, 0) is 21.0 Å². The highest BCUT2D eigenvalue weighted by atomic mass is 35.5. The van der Waals surface area contributed by atoms with E-state index in [-0.39, 0.29) is 19.6 Å². The molecule has 2 heterocycles. The number of hydrogen-bond donors (Lipinski definition) is 2. The first-order valence-electron chi connectivity index (χ1n) is 9.20. The molecule has 1 amide bonds. The van der Waals surface area contributed by atoms with E-state index in [4.69, 9.17) is 11.8 Å². The van der Waals surface area contributed by atoms with Crippen LogP contribution in [0.5, 0.6) is 0 Å². The molecule has 0 spiro atoms. The second-order valence-electron chi connectivity index (χ2n) is 7.15. The van der Waals surface area contributed by atoms with Crippen molar-refractivity contribution < 1.29 is 36.4 Å². The molecule has 2 N–H and O–H groups in total. The molecular weight excluding hydrogens is 450 g/mol. The van der Waals surface area contributed by atoms with Gasteiger partial charge in [-0.05, 0) is 36.8 Å². The number of piperazine rings is 1. The van der Waals surface area contributed by atoms with Crippen LogP contribution in [0, 0.1) is 0 Å². The average Bonchev–Trinajstić information content (AvgIpc) is 3.17. The largest absolute Gasteiger partial charge is 0.475 e. The number of rotatable bonds is 4. The quantitative estimate of drug-likeness (QED) is 0.493. The molecule has 0 saturated carbocycles. The maximum absolute atomic E-state index is 13.3. The molecule has 30 heavy (non-hydrogen) atoms. The van der Waals surface area contributed by atoms with Gasteiger partial charge in [0.1, 0.15) is 6.04 Å². The van der Waals surface area contributed by atoms with Gasteiger partial charge < -0.3 is 14.9 Å². The summed E-state index contributed by atoms with van der Waals surface area (Å²) < 4.78 is 67.8. The van der Waals surface area contributed by atoms with Crippen molar-refractivity contribution in [2.45, 2.75) is 35.9 Å². The van der Waals surface area contributed by atoms with Crippen molar-refractivity contribution in [1.82, 2.24) is 13.6 Å². The fourth-order valence-electron chi connectivity index (χ4n) is 3.78. The van der Waals surface area contributed by atoms with Crippen LogP contribution in [0.25, 0.3) is 0 Å². The van der Waals surface area contributed by atoms with Crippen molar-refractivity contribution in [3.63, 3.8) is 0 Å². The molecule has 1 aromatic rings. The van der Waals surface area contributed by atoms with Crippen molar-refractivity contribution in [1.29, 1.82) is 0 Å². The third-order valence-corrected chi connectivity index (χ3v) is 7.63. The van der Waals surface area contributed by atoms with Crippen LogP contribution in [0.1, 0.15) is 18.4 Å². The number of halogens is 4. The highest BCUT2D eigenvalue weighted by Crippen LogP contribution is 2.36. The first-order valence-corrected chi connectivity index (χ1v) is 11.0. The lowest BCUT2D eigenvalue weighted by molar-refractivity contribution is -0.140. The van der Waals surface area contributed by atoms with Gasteiger partial charge >= 0.3 is 13.3 Å². The smallest absolute Gasteiger partial charge is 0.426 e. The molecule has 0 bridgehead atoms. The zero-order valence-corrected chi connectivity index (χ0v) is 17.2. The van der Waals surface area contributed by atoms with Crippen molar-refractivity contribution >= 4 is 34.8 Å². The van der Waals surface area contributed by atoms with Crippen molar-refractivity contribution in [3.8, 4) is 0 Å². The van der Waals surface area contributed by atoms with Crippen LogP contribution in [0.3, 0.4) is 0 Å². The molecule has 2 aliphatic heterocycles. The van der Waals surface area contributed by atoms with E-state index in [2.05, 4.69) is 0 Å². The summed E-state index contributed by atoms with van der Waals surface area (Å²) in [4.78, 5) is 13.3. The first-order chi connectivity index (χ1) is 13.9. The summed E-state index contributed by atoms with van der Waals surface area (Å²) in [6.07, 6.45) is -3.98. The number of benzene rings is 1. The van der Waals surface area contributed by atoms with E-state index in [1.165, 1.54) is 11.0 Å². The standard InChI is InChI=1S/C16H20BClF3N3O5S/c18-24-9-8-22(10-12(24)15(25)23-7-3-6-14(23)17(26)27)30(28,29)13-5-2-1-4-11(13)16(19,20)21/h1-2,4-5,12,14,26-27H,3,6-10H2/t12?,14-/m0/s1. The Bertz CT molecular complexity index is 904. The second kappa shape index (κ2) is 8.63. The molecule has 8 nitrogen and oxygen atoms in total. The van der Waals surface area contributed by atoms with Gasteiger partial charge in [0.25, 0.3) is 0 Å². The van der Waals surface area contributed by atoms with Crippen molar-refractivity contribution in [2.24, 2.45) is 0 Å². The third-order valence-electron chi connectivity index (χ3n) is 5.30. The molecule has 2 atom stereocenters. The number of hydrogen-bond acceptors (Lipinski definition) is 6. The number of alkyl halides is 3. The molecule has 2 fully saturated rings.